The number of benzene rings is 2. The SMILES string of the molecule is Nc1ccc2c(c1)ncn2-c1ccc2c(c1)OCCCO2. The molecule has 21 heavy (non-hydrogen) atoms. The van der Waals surface area contributed by atoms with Crippen LogP contribution in [-0.2, 0) is 0 Å². The lowest BCUT2D eigenvalue weighted by Crippen LogP contribution is -1.97. The van der Waals surface area contributed by atoms with Crippen molar-refractivity contribution in [1.29, 1.82) is 0 Å². The van der Waals surface area contributed by atoms with Gasteiger partial charge >= 0.3 is 0 Å². The summed E-state index contributed by atoms with van der Waals surface area (Å²) in [6.45, 7) is 1.37. The largest absolute Gasteiger partial charge is 0.490 e. The molecule has 2 N–H and O–H groups in total. The lowest BCUT2D eigenvalue weighted by molar-refractivity contribution is 0.297. The molecule has 0 atom stereocenters. The number of fused-ring (bicyclic) bond motifs is 2. The normalized spacial score (nSPS) is 14.1. The second-order valence-electron chi connectivity index (χ2n) is 5.04. The minimum atomic E-state index is 0.678. The van der Waals surface area contributed by atoms with E-state index in [1.807, 2.05) is 41.0 Å². The highest BCUT2D eigenvalue weighted by Gasteiger charge is 2.12. The molecule has 3 aromatic rings. The lowest BCUT2D eigenvalue weighted by Gasteiger charge is -2.10. The number of ether oxygens (including phenoxy) is 2. The second kappa shape index (κ2) is 4.70. The van der Waals surface area contributed by atoms with Crippen molar-refractivity contribution in [3.05, 3.63) is 42.7 Å². The summed E-state index contributed by atoms with van der Waals surface area (Å²) < 4.78 is 13.4. The standard InChI is InChI=1S/C16H15N3O2/c17-11-2-4-14-13(8-11)18-10-19(14)12-3-5-15-16(9-12)21-7-1-6-20-15/h2-5,8-10H,1,6-7,17H2. The predicted molar refractivity (Wildman–Crippen MR) is 81.1 cm³/mol. The molecule has 2 aromatic carbocycles. The van der Waals surface area contributed by atoms with E-state index in [9.17, 15) is 0 Å². The van der Waals surface area contributed by atoms with Gasteiger partial charge in [0, 0.05) is 18.2 Å². The molecule has 0 bridgehead atoms. The zero-order valence-electron chi connectivity index (χ0n) is 11.5. The van der Waals surface area contributed by atoms with Crippen LogP contribution >= 0.6 is 0 Å². The van der Waals surface area contributed by atoms with Crippen LogP contribution in [0.1, 0.15) is 6.42 Å². The minimum absolute atomic E-state index is 0.678. The average Bonchev–Trinajstić information content (AvgIpc) is 2.76. The summed E-state index contributed by atoms with van der Waals surface area (Å²) in [6, 6.07) is 11.7. The number of anilines is 1. The van der Waals surface area contributed by atoms with Gasteiger partial charge in [-0.05, 0) is 30.3 Å². The Hall–Kier alpha value is -2.69. The van der Waals surface area contributed by atoms with Gasteiger partial charge in [0.1, 0.15) is 6.33 Å². The Balaban J connectivity index is 1.83. The summed E-state index contributed by atoms with van der Waals surface area (Å²) in [5.41, 5.74) is 9.39. The van der Waals surface area contributed by atoms with Gasteiger partial charge in [-0.2, -0.15) is 0 Å². The molecule has 1 aliphatic rings. The number of imidazole rings is 1. The molecule has 5 nitrogen and oxygen atoms in total. The van der Waals surface area contributed by atoms with E-state index in [0.29, 0.717) is 18.9 Å². The summed E-state index contributed by atoms with van der Waals surface area (Å²) >= 11 is 0. The minimum Gasteiger partial charge on any atom is -0.490 e. The Morgan fingerprint density at radius 2 is 1.86 bits per heavy atom. The monoisotopic (exact) mass is 281 g/mol. The number of nitrogens with two attached hydrogens (primary N) is 1. The maximum Gasteiger partial charge on any atom is 0.163 e. The first kappa shape index (κ1) is 12.1. The molecule has 1 aliphatic heterocycles. The maximum absolute atomic E-state index is 5.79. The van der Waals surface area contributed by atoms with Gasteiger partial charge in [0.25, 0.3) is 0 Å². The van der Waals surface area contributed by atoms with Crippen LogP contribution in [0.2, 0.25) is 0 Å². The van der Waals surface area contributed by atoms with Crippen LogP contribution in [0, 0.1) is 0 Å². The van der Waals surface area contributed by atoms with Crippen LogP contribution in [0.5, 0.6) is 11.5 Å². The quantitative estimate of drug-likeness (QED) is 0.697. The Kier molecular flexibility index (Phi) is 2.70. The van der Waals surface area contributed by atoms with E-state index in [2.05, 4.69) is 4.98 Å². The number of hydrogen-bond acceptors (Lipinski definition) is 4. The van der Waals surface area contributed by atoms with Gasteiger partial charge in [-0.25, -0.2) is 4.98 Å². The number of nitrogen functional groups attached to an aromatic ring is 1. The van der Waals surface area contributed by atoms with Crippen LogP contribution in [0.15, 0.2) is 42.7 Å². The summed E-state index contributed by atoms with van der Waals surface area (Å²) in [7, 11) is 0. The Labute approximate surface area is 121 Å². The second-order valence-corrected chi connectivity index (χ2v) is 5.04. The molecule has 106 valence electrons. The molecule has 0 saturated heterocycles. The molecule has 0 amide bonds. The lowest BCUT2D eigenvalue weighted by atomic mass is 10.2. The van der Waals surface area contributed by atoms with E-state index in [1.165, 1.54) is 0 Å². The molecular weight excluding hydrogens is 266 g/mol. The molecule has 0 radical (unpaired) electrons. The Morgan fingerprint density at radius 1 is 1.00 bits per heavy atom. The van der Waals surface area contributed by atoms with Crippen molar-refractivity contribution < 1.29 is 9.47 Å². The van der Waals surface area contributed by atoms with Crippen molar-refractivity contribution >= 4 is 16.7 Å². The van der Waals surface area contributed by atoms with Gasteiger partial charge in [-0.15, -0.1) is 0 Å². The van der Waals surface area contributed by atoms with Gasteiger partial charge in [0.2, 0.25) is 0 Å². The van der Waals surface area contributed by atoms with E-state index in [-0.39, 0.29) is 0 Å². The van der Waals surface area contributed by atoms with E-state index in [4.69, 9.17) is 15.2 Å². The summed E-state index contributed by atoms with van der Waals surface area (Å²) in [6.07, 6.45) is 2.70. The first-order valence-electron chi connectivity index (χ1n) is 6.94. The molecule has 0 saturated carbocycles. The number of rotatable bonds is 1. The highest BCUT2D eigenvalue weighted by Crippen LogP contribution is 2.32. The average molecular weight is 281 g/mol. The predicted octanol–water partition coefficient (Wildman–Crippen LogP) is 2.77. The van der Waals surface area contributed by atoms with Crippen molar-refractivity contribution in [1.82, 2.24) is 9.55 Å². The van der Waals surface area contributed by atoms with Crippen LogP contribution in [0.25, 0.3) is 16.7 Å². The number of nitrogens with zero attached hydrogens (tertiary/aromatic N) is 2. The van der Waals surface area contributed by atoms with Crippen molar-refractivity contribution in [3.8, 4) is 17.2 Å². The van der Waals surface area contributed by atoms with Gasteiger partial charge in [0.15, 0.2) is 11.5 Å². The van der Waals surface area contributed by atoms with Crippen molar-refractivity contribution in [3.63, 3.8) is 0 Å². The number of hydrogen-bond donors (Lipinski definition) is 1. The molecule has 0 spiro atoms. The molecule has 0 fully saturated rings. The molecular formula is C16H15N3O2. The third-order valence-electron chi connectivity index (χ3n) is 3.58. The third-order valence-corrected chi connectivity index (χ3v) is 3.58. The highest BCUT2D eigenvalue weighted by atomic mass is 16.5. The van der Waals surface area contributed by atoms with Gasteiger partial charge < -0.3 is 15.2 Å². The summed E-state index contributed by atoms with van der Waals surface area (Å²) in [5, 5.41) is 0. The highest BCUT2D eigenvalue weighted by molar-refractivity contribution is 5.80. The van der Waals surface area contributed by atoms with Crippen molar-refractivity contribution in [2.24, 2.45) is 0 Å². The van der Waals surface area contributed by atoms with Gasteiger partial charge in [-0.3, -0.25) is 4.57 Å². The van der Waals surface area contributed by atoms with Crippen LogP contribution in [0.4, 0.5) is 5.69 Å². The maximum atomic E-state index is 5.79. The first-order chi connectivity index (χ1) is 10.3. The fraction of sp³-hybridized carbons (Fsp3) is 0.188. The Morgan fingerprint density at radius 3 is 2.76 bits per heavy atom. The third kappa shape index (κ3) is 2.07. The van der Waals surface area contributed by atoms with E-state index in [1.54, 1.807) is 6.33 Å². The number of aromatic nitrogens is 2. The molecule has 0 unspecified atom stereocenters. The molecule has 1 aromatic heterocycles. The van der Waals surface area contributed by atoms with Gasteiger partial charge in [0.05, 0.1) is 29.9 Å². The van der Waals surface area contributed by atoms with Crippen LogP contribution in [-0.4, -0.2) is 22.8 Å². The van der Waals surface area contributed by atoms with E-state index in [0.717, 1.165) is 34.6 Å². The molecule has 0 aliphatic carbocycles. The molecule has 4 rings (SSSR count). The molecule has 5 heteroatoms. The van der Waals surface area contributed by atoms with E-state index >= 15 is 0 Å². The first-order valence-corrected chi connectivity index (χ1v) is 6.94. The van der Waals surface area contributed by atoms with E-state index < -0.39 is 0 Å². The fourth-order valence-corrected chi connectivity index (χ4v) is 2.54. The van der Waals surface area contributed by atoms with Gasteiger partial charge in [-0.1, -0.05) is 0 Å². The topological polar surface area (TPSA) is 62.3 Å². The molecule has 2 heterocycles. The van der Waals surface area contributed by atoms with Crippen molar-refractivity contribution in [2.75, 3.05) is 18.9 Å². The van der Waals surface area contributed by atoms with Crippen LogP contribution in [0.3, 0.4) is 0 Å². The summed E-state index contributed by atoms with van der Waals surface area (Å²) in [5.74, 6) is 1.58. The summed E-state index contributed by atoms with van der Waals surface area (Å²) in [4.78, 5) is 4.40. The van der Waals surface area contributed by atoms with Crippen molar-refractivity contribution in [2.45, 2.75) is 6.42 Å². The zero-order valence-corrected chi connectivity index (χ0v) is 11.5. The van der Waals surface area contributed by atoms with Crippen LogP contribution < -0.4 is 15.2 Å². The smallest absolute Gasteiger partial charge is 0.163 e. The fourth-order valence-electron chi connectivity index (χ4n) is 2.54. The zero-order chi connectivity index (χ0) is 14.2. The Bertz CT molecular complexity index is 810.